The summed E-state index contributed by atoms with van der Waals surface area (Å²) in [5.41, 5.74) is 3.07. The second-order valence-corrected chi connectivity index (χ2v) is 4.60. The number of hydrogen-bond donors (Lipinski definition) is 1. The molecule has 0 bridgehead atoms. The van der Waals surface area contributed by atoms with Crippen LogP contribution in [0.1, 0.15) is 11.1 Å². The van der Waals surface area contributed by atoms with Crippen LogP contribution in [0.5, 0.6) is 0 Å². The lowest BCUT2D eigenvalue weighted by Crippen LogP contribution is -2.34. The lowest BCUT2D eigenvalue weighted by atomic mass is 10.0. The van der Waals surface area contributed by atoms with Crippen molar-refractivity contribution in [1.82, 2.24) is 10.2 Å². The number of nitrogens with zero attached hydrogens (tertiary/aromatic N) is 1. The number of benzene rings is 1. The van der Waals surface area contributed by atoms with E-state index in [0.717, 1.165) is 19.6 Å². The average molecular weight is 230 g/mol. The Morgan fingerprint density at radius 2 is 1.82 bits per heavy atom. The van der Waals surface area contributed by atoms with E-state index < -0.39 is 0 Å². The third kappa shape index (κ3) is 3.69. The minimum absolute atomic E-state index is 0.911. The van der Waals surface area contributed by atoms with Crippen LogP contribution in [0.2, 0.25) is 0 Å². The van der Waals surface area contributed by atoms with E-state index in [2.05, 4.69) is 41.1 Å². The van der Waals surface area contributed by atoms with Gasteiger partial charge in [-0.3, -0.25) is 0 Å². The molecule has 92 valence electrons. The van der Waals surface area contributed by atoms with Gasteiger partial charge in [-0.2, -0.15) is 0 Å². The maximum atomic E-state index is 3.71. The first kappa shape index (κ1) is 12.3. The van der Waals surface area contributed by atoms with Gasteiger partial charge in [0.15, 0.2) is 0 Å². The number of fused-ring (bicyclic) bond motifs is 1. The predicted octanol–water partition coefficient (Wildman–Crippen LogP) is 1.86. The molecule has 0 atom stereocenters. The van der Waals surface area contributed by atoms with Crippen LogP contribution in [0.4, 0.5) is 0 Å². The molecule has 1 aromatic rings. The smallest absolute Gasteiger partial charge is 0.0132 e. The van der Waals surface area contributed by atoms with Crippen molar-refractivity contribution in [2.24, 2.45) is 0 Å². The Balaban J connectivity index is 1.80. The van der Waals surface area contributed by atoms with Crippen LogP contribution < -0.4 is 5.32 Å². The van der Waals surface area contributed by atoms with Gasteiger partial charge < -0.3 is 10.2 Å². The molecule has 0 aromatic heterocycles. The van der Waals surface area contributed by atoms with Gasteiger partial charge in [-0.1, -0.05) is 30.3 Å². The van der Waals surface area contributed by atoms with Crippen LogP contribution >= 0.6 is 0 Å². The van der Waals surface area contributed by atoms with Crippen molar-refractivity contribution in [2.45, 2.75) is 12.8 Å². The molecule has 0 unspecified atom stereocenters. The average Bonchev–Trinajstić information content (AvgIpc) is 2.58. The van der Waals surface area contributed by atoms with E-state index in [4.69, 9.17) is 0 Å². The van der Waals surface area contributed by atoms with Crippen molar-refractivity contribution in [3.8, 4) is 0 Å². The fourth-order valence-electron chi connectivity index (χ4n) is 2.38. The lowest BCUT2D eigenvalue weighted by Gasteiger charge is -2.19. The zero-order chi connectivity index (χ0) is 11.9. The van der Waals surface area contributed by atoms with Crippen molar-refractivity contribution < 1.29 is 0 Å². The van der Waals surface area contributed by atoms with E-state index in [1.165, 1.54) is 37.1 Å². The van der Waals surface area contributed by atoms with Crippen molar-refractivity contribution in [1.29, 1.82) is 0 Å². The van der Waals surface area contributed by atoms with E-state index in [1.54, 1.807) is 0 Å². The third-order valence-electron chi connectivity index (χ3n) is 3.41. The van der Waals surface area contributed by atoms with Gasteiger partial charge in [0.25, 0.3) is 0 Å². The van der Waals surface area contributed by atoms with Crippen LogP contribution in [-0.2, 0) is 12.8 Å². The van der Waals surface area contributed by atoms with E-state index in [1.807, 2.05) is 6.08 Å². The van der Waals surface area contributed by atoms with Gasteiger partial charge in [0.05, 0.1) is 0 Å². The first-order valence-electron chi connectivity index (χ1n) is 6.51. The molecular formula is C15H22N2. The van der Waals surface area contributed by atoms with Gasteiger partial charge in [0.1, 0.15) is 0 Å². The van der Waals surface area contributed by atoms with Gasteiger partial charge in [-0.05, 0) is 24.0 Å². The molecule has 1 aromatic carbocycles. The summed E-state index contributed by atoms with van der Waals surface area (Å²) in [6.07, 6.45) is 4.30. The second kappa shape index (κ2) is 6.58. The Labute approximate surface area is 104 Å². The topological polar surface area (TPSA) is 15.3 Å². The summed E-state index contributed by atoms with van der Waals surface area (Å²) >= 11 is 0. The highest BCUT2D eigenvalue weighted by Crippen LogP contribution is 2.14. The summed E-state index contributed by atoms with van der Waals surface area (Å²) in [7, 11) is 0. The summed E-state index contributed by atoms with van der Waals surface area (Å²) in [6, 6.07) is 8.85. The van der Waals surface area contributed by atoms with Gasteiger partial charge >= 0.3 is 0 Å². The maximum Gasteiger partial charge on any atom is 0.0132 e. The van der Waals surface area contributed by atoms with E-state index in [-0.39, 0.29) is 0 Å². The van der Waals surface area contributed by atoms with Crippen molar-refractivity contribution in [3.05, 3.63) is 48.0 Å². The molecule has 1 aliphatic heterocycles. The molecule has 1 aliphatic rings. The molecule has 17 heavy (non-hydrogen) atoms. The molecule has 1 N–H and O–H groups in total. The molecule has 0 spiro atoms. The maximum absolute atomic E-state index is 3.71. The summed E-state index contributed by atoms with van der Waals surface area (Å²) in [4.78, 5) is 2.55. The van der Waals surface area contributed by atoms with Crippen LogP contribution in [0, 0.1) is 0 Å². The minimum Gasteiger partial charge on any atom is -0.312 e. The molecule has 0 amide bonds. The van der Waals surface area contributed by atoms with Gasteiger partial charge in [0, 0.05) is 32.7 Å². The molecule has 1 heterocycles. The second-order valence-electron chi connectivity index (χ2n) is 4.60. The van der Waals surface area contributed by atoms with Crippen LogP contribution in [0.15, 0.2) is 36.9 Å². The van der Waals surface area contributed by atoms with Crippen molar-refractivity contribution >= 4 is 0 Å². The number of nitrogens with one attached hydrogen (secondary N) is 1. The largest absolute Gasteiger partial charge is 0.312 e. The summed E-state index contributed by atoms with van der Waals surface area (Å²) in [5, 5.41) is 3.36. The normalized spacial score (nSPS) is 16.2. The standard InChI is InChI=1S/C15H22N2/c1-2-9-16-10-13-17-11-7-14-5-3-4-6-15(14)8-12-17/h2-6,16H,1,7-13H2. The molecule has 0 radical (unpaired) electrons. The molecule has 0 aliphatic carbocycles. The fraction of sp³-hybridized carbons (Fsp3) is 0.467. The highest BCUT2D eigenvalue weighted by Gasteiger charge is 2.12. The Morgan fingerprint density at radius 3 is 2.41 bits per heavy atom. The zero-order valence-electron chi connectivity index (χ0n) is 10.5. The summed E-state index contributed by atoms with van der Waals surface area (Å²) < 4.78 is 0. The quantitative estimate of drug-likeness (QED) is 0.613. The van der Waals surface area contributed by atoms with Gasteiger partial charge in [-0.25, -0.2) is 0 Å². The van der Waals surface area contributed by atoms with Crippen molar-refractivity contribution in [3.63, 3.8) is 0 Å². The first-order valence-corrected chi connectivity index (χ1v) is 6.51. The monoisotopic (exact) mass is 230 g/mol. The number of hydrogen-bond acceptors (Lipinski definition) is 2. The molecule has 0 saturated carbocycles. The van der Waals surface area contributed by atoms with Gasteiger partial charge in [0.2, 0.25) is 0 Å². The zero-order valence-corrected chi connectivity index (χ0v) is 10.5. The first-order chi connectivity index (χ1) is 8.40. The van der Waals surface area contributed by atoms with Crippen LogP contribution in [0.3, 0.4) is 0 Å². The highest BCUT2D eigenvalue weighted by atomic mass is 15.1. The van der Waals surface area contributed by atoms with E-state index in [9.17, 15) is 0 Å². The predicted molar refractivity (Wildman–Crippen MR) is 73.4 cm³/mol. The Hall–Kier alpha value is -1.12. The lowest BCUT2D eigenvalue weighted by molar-refractivity contribution is 0.288. The third-order valence-corrected chi connectivity index (χ3v) is 3.41. The molecule has 2 heteroatoms. The van der Waals surface area contributed by atoms with E-state index >= 15 is 0 Å². The Bertz CT molecular complexity index is 333. The van der Waals surface area contributed by atoms with Gasteiger partial charge in [-0.15, -0.1) is 6.58 Å². The van der Waals surface area contributed by atoms with Crippen LogP contribution in [0.25, 0.3) is 0 Å². The molecular weight excluding hydrogens is 208 g/mol. The highest BCUT2D eigenvalue weighted by molar-refractivity contribution is 5.28. The summed E-state index contributed by atoms with van der Waals surface area (Å²) in [6.45, 7) is 9.19. The Morgan fingerprint density at radius 1 is 1.18 bits per heavy atom. The molecule has 0 fully saturated rings. The molecule has 0 saturated heterocycles. The fourth-order valence-corrected chi connectivity index (χ4v) is 2.38. The number of rotatable bonds is 5. The van der Waals surface area contributed by atoms with Crippen molar-refractivity contribution in [2.75, 3.05) is 32.7 Å². The molecule has 2 nitrogen and oxygen atoms in total. The Kier molecular flexibility index (Phi) is 4.77. The van der Waals surface area contributed by atoms with E-state index in [0.29, 0.717) is 0 Å². The molecule has 2 rings (SSSR count). The minimum atomic E-state index is 0.911. The SMILES string of the molecule is C=CCNCCN1CCc2ccccc2CC1. The summed E-state index contributed by atoms with van der Waals surface area (Å²) in [5.74, 6) is 0. The van der Waals surface area contributed by atoms with Crippen LogP contribution in [-0.4, -0.2) is 37.6 Å².